The molecule has 110 valence electrons. The molecule has 0 bridgehead atoms. The number of rotatable bonds is 5. The Balaban J connectivity index is 2.37. The lowest BCUT2D eigenvalue weighted by atomic mass is 10.1. The number of carboxylic acid groups (broad SMARTS) is 1. The maximum Gasteiger partial charge on any atom is 0.336 e. The molecule has 2 aromatic rings. The van der Waals surface area contributed by atoms with Crippen LogP contribution in [0.25, 0.3) is 0 Å². The zero-order chi connectivity index (χ0) is 15.4. The van der Waals surface area contributed by atoms with Crippen LogP contribution in [-0.2, 0) is 6.54 Å². The van der Waals surface area contributed by atoms with Crippen LogP contribution in [0, 0.1) is 11.6 Å². The highest BCUT2D eigenvalue weighted by Crippen LogP contribution is 2.22. The Morgan fingerprint density at radius 1 is 1.19 bits per heavy atom. The molecule has 3 nitrogen and oxygen atoms in total. The van der Waals surface area contributed by atoms with Crippen molar-refractivity contribution in [3.05, 3.63) is 65.2 Å². The van der Waals surface area contributed by atoms with E-state index in [1.807, 2.05) is 6.92 Å². The standard InChI is InChI=1S/C16H15F2NO2/c1-2-19(15-6-4-3-5-14(15)18)10-11-9-12(17)7-8-13(11)16(20)21/h3-9H,2,10H2,1H3,(H,20,21). The lowest BCUT2D eigenvalue weighted by molar-refractivity contribution is 0.0695. The van der Waals surface area contributed by atoms with Crippen LogP contribution in [0.1, 0.15) is 22.8 Å². The molecule has 2 rings (SSSR count). The summed E-state index contributed by atoms with van der Waals surface area (Å²) in [5, 5.41) is 9.15. The first-order chi connectivity index (χ1) is 10.0. The molecular weight excluding hydrogens is 276 g/mol. The third kappa shape index (κ3) is 3.37. The molecule has 1 N–H and O–H groups in total. The second-order valence-electron chi connectivity index (χ2n) is 4.57. The summed E-state index contributed by atoms with van der Waals surface area (Å²) in [6.07, 6.45) is 0. The van der Waals surface area contributed by atoms with Gasteiger partial charge in [-0.3, -0.25) is 0 Å². The molecule has 2 aromatic carbocycles. The van der Waals surface area contributed by atoms with E-state index in [1.54, 1.807) is 23.1 Å². The summed E-state index contributed by atoms with van der Waals surface area (Å²) in [7, 11) is 0. The summed E-state index contributed by atoms with van der Waals surface area (Å²) in [4.78, 5) is 12.9. The van der Waals surface area contributed by atoms with E-state index < -0.39 is 17.6 Å². The second kappa shape index (κ2) is 6.35. The molecule has 0 aliphatic heterocycles. The number of carboxylic acids is 1. The summed E-state index contributed by atoms with van der Waals surface area (Å²) >= 11 is 0. The van der Waals surface area contributed by atoms with Gasteiger partial charge in [0.15, 0.2) is 0 Å². The summed E-state index contributed by atoms with van der Waals surface area (Å²) < 4.78 is 27.2. The largest absolute Gasteiger partial charge is 0.478 e. The molecule has 0 saturated carbocycles. The van der Waals surface area contributed by atoms with Gasteiger partial charge in [0.2, 0.25) is 0 Å². The molecule has 0 aliphatic carbocycles. The highest BCUT2D eigenvalue weighted by molar-refractivity contribution is 5.89. The van der Waals surface area contributed by atoms with Crippen molar-refractivity contribution in [1.29, 1.82) is 0 Å². The Morgan fingerprint density at radius 3 is 2.52 bits per heavy atom. The van der Waals surface area contributed by atoms with Gasteiger partial charge in [0.1, 0.15) is 11.6 Å². The number of nitrogens with zero attached hydrogens (tertiary/aromatic N) is 1. The van der Waals surface area contributed by atoms with Gasteiger partial charge in [-0.25, -0.2) is 13.6 Å². The molecule has 21 heavy (non-hydrogen) atoms. The number of hydrogen-bond acceptors (Lipinski definition) is 2. The van der Waals surface area contributed by atoms with Crippen LogP contribution in [0.4, 0.5) is 14.5 Å². The van der Waals surface area contributed by atoms with Crippen molar-refractivity contribution in [1.82, 2.24) is 0 Å². The van der Waals surface area contributed by atoms with Gasteiger partial charge < -0.3 is 10.0 Å². The SMILES string of the molecule is CCN(Cc1cc(F)ccc1C(=O)O)c1ccccc1F. The summed E-state index contributed by atoms with van der Waals surface area (Å²) in [6.45, 7) is 2.42. The third-order valence-electron chi connectivity index (χ3n) is 3.23. The van der Waals surface area contributed by atoms with E-state index in [0.717, 1.165) is 6.07 Å². The van der Waals surface area contributed by atoms with Gasteiger partial charge in [-0.15, -0.1) is 0 Å². The Hall–Kier alpha value is -2.43. The van der Waals surface area contributed by atoms with Crippen LogP contribution in [0.2, 0.25) is 0 Å². The first-order valence-corrected chi connectivity index (χ1v) is 6.54. The van der Waals surface area contributed by atoms with Crippen molar-refractivity contribution in [2.45, 2.75) is 13.5 Å². The van der Waals surface area contributed by atoms with Gasteiger partial charge >= 0.3 is 5.97 Å². The first-order valence-electron chi connectivity index (χ1n) is 6.54. The van der Waals surface area contributed by atoms with Crippen molar-refractivity contribution >= 4 is 11.7 Å². The minimum atomic E-state index is -1.13. The van der Waals surface area contributed by atoms with Crippen molar-refractivity contribution in [3.8, 4) is 0 Å². The summed E-state index contributed by atoms with van der Waals surface area (Å²) in [5.41, 5.74) is 0.694. The molecule has 0 unspecified atom stereocenters. The topological polar surface area (TPSA) is 40.5 Å². The fourth-order valence-corrected chi connectivity index (χ4v) is 2.18. The molecule has 0 fully saturated rings. The molecule has 0 radical (unpaired) electrons. The molecule has 0 spiro atoms. The number of halogens is 2. The van der Waals surface area contributed by atoms with Crippen molar-refractivity contribution in [2.24, 2.45) is 0 Å². The number of benzene rings is 2. The van der Waals surface area contributed by atoms with Gasteiger partial charge in [0.05, 0.1) is 11.3 Å². The van der Waals surface area contributed by atoms with E-state index in [-0.39, 0.29) is 12.1 Å². The lowest BCUT2D eigenvalue weighted by Crippen LogP contribution is -2.24. The van der Waals surface area contributed by atoms with Gasteiger partial charge in [0, 0.05) is 13.1 Å². The molecular formula is C16H15F2NO2. The van der Waals surface area contributed by atoms with Crippen LogP contribution in [0.3, 0.4) is 0 Å². The Labute approximate surface area is 121 Å². The van der Waals surface area contributed by atoms with E-state index >= 15 is 0 Å². The number of carbonyl (C=O) groups is 1. The van der Waals surface area contributed by atoms with E-state index in [1.165, 1.54) is 18.2 Å². The highest BCUT2D eigenvalue weighted by atomic mass is 19.1. The number of anilines is 1. The van der Waals surface area contributed by atoms with Crippen molar-refractivity contribution in [3.63, 3.8) is 0 Å². The number of para-hydroxylation sites is 1. The van der Waals surface area contributed by atoms with Crippen LogP contribution in [-0.4, -0.2) is 17.6 Å². The normalized spacial score (nSPS) is 10.4. The molecule has 0 atom stereocenters. The summed E-state index contributed by atoms with van der Waals surface area (Å²) in [6, 6.07) is 9.73. The maximum atomic E-state index is 13.8. The van der Waals surface area contributed by atoms with E-state index in [4.69, 9.17) is 5.11 Å². The Bertz CT molecular complexity index is 658. The Kier molecular flexibility index (Phi) is 4.52. The van der Waals surface area contributed by atoms with Gasteiger partial charge in [-0.1, -0.05) is 12.1 Å². The number of hydrogen-bond donors (Lipinski definition) is 1. The van der Waals surface area contributed by atoms with Crippen LogP contribution >= 0.6 is 0 Å². The van der Waals surface area contributed by atoms with Gasteiger partial charge in [0.25, 0.3) is 0 Å². The van der Waals surface area contributed by atoms with E-state index in [0.29, 0.717) is 17.8 Å². The molecule has 0 heterocycles. The Morgan fingerprint density at radius 2 is 1.90 bits per heavy atom. The predicted octanol–water partition coefficient (Wildman–Crippen LogP) is 3.69. The smallest absolute Gasteiger partial charge is 0.336 e. The molecule has 0 aromatic heterocycles. The second-order valence-corrected chi connectivity index (χ2v) is 4.57. The fraction of sp³-hybridized carbons (Fsp3) is 0.188. The van der Waals surface area contributed by atoms with Crippen LogP contribution in [0.5, 0.6) is 0 Å². The monoisotopic (exact) mass is 291 g/mol. The third-order valence-corrected chi connectivity index (χ3v) is 3.23. The van der Waals surface area contributed by atoms with Gasteiger partial charge in [-0.2, -0.15) is 0 Å². The minimum Gasteiger partial charge on any atom is -0.478 e. The minimum absolute atomic E-state index is 0.0196. The van der Waals surface area contributed by atoms with Crippen molar-refractivity contribution < 1.29 is 18.7 Å². The van der Waals surface area contributed by atoms with Crippen LogP contribution in [0.15, 0.2) is 42.5 Å². The van der Waals surface area contributed by atoms with Crippen LogP contribution < -0.4 is 4.90 Å². The maximum absolute atomic E-state index is 13.8. The summed E-state index contributed by atoms with van der Waals surface area (Å²) in [5.74, 6) is -2.04. The molecule has 0 aliphatic rings. The van der Waals surface area contributed by atoms with E-state index in [2.05, 4.69) is 0 Å². The first kappa shape index (κ1) is 15.0. The molecule has 5 heteroatoms. The van der Waals surface area contributed by atoms with E-state index in [9.17, 15) is 13.6 Å². The average Bonchev–Trinajstić information content (AvgIpc) is 2.45. The molecule has 0 saturated heterocycles. The zero-order valence-electron chi connectivity index (χ0n) is 11.5. The lowest BCUT2D eigenvalue weighted by Gasteiger charge is -2.24. The average molecular weight is 291 g/mol. The fourth-order valence-electron chi connectivity index (χ4n) is 2.18. The quantitative estimate of drug-likeness (QED) is 0.913. The van der Waals surface area contributed by atoms with Crippen molar-refractivity contribution in [2.75, 3.05) is 11.4 Å². The zero-order valence-corrected chi connectivity index (χ0v) is 11.5. The van der Waals surface area contributed by atoms with Gasteiger partial charge in [-0.05, 0) is 42.8 Å². The predicted molar refractivity (Wildman–Crippen MR) is 76.5 cm³/mol. The molecule has 0 amide bonds. The number of aromatic carboxylic acids is 1. The highest BCUT2D eigenvalue weighted by Gasteiger charge is 2.16.